The molecule has 0 saturated carbocycles. The van der Waals surface area contributed by atoms with Gasteiger partial charge in [0.2, 0.25) is 0 Å². The summed E-state index contributed by atoms with van der Waals surface area (Å²) in [7, 11) is 0. The van der Waals surface area contributed by atoms with Gasteiger partial charge in [-0.15, -0.1) is 0 Å². The molecule has 0 aromatic heterocycles. The summed E-state index contributed by atoms with van der Waals surface area (Å²) in [6.07, 6.45) is -0.394. The predicted octanol–water partition coefficient (Wildman–Crippen LogP) is 3.72. The largest absolute Gasteiger partial charge is 0.491 e. The third kappa shape index (κ3) is 3.62. The van der Waals surface area contributed by atoms with Crippen LogP contribution >= 0.6 is 15.9 Å². The molecule has 6 heteroatoms. The van der Waals surface area contributed by atoms with Crippen LogP contribution < -0.4 is 4.74 Å². The number of benzene rings is 1. The van der Waals surface area contributed by atoms with Gasteiger partial charge in [0.25, 0.3) is 0 Å². The number of hydrogen-bond donors (Lipinski definition) is 0. The molecule has 4 nitrogen and oxygen atoms in total. The predicted molar refractivity (Wildman–Crippen MR) is 76.2 cm³/mol. The maximum absolute atomic E-state index is 13.5. The second kappa shape index (κ2) is 5.60. The lowest BCUT2D eigenvalue weighted by molar-refractivity contribution is 0.0225. The summed E-state index contributed by atoms with van der Waals surface area (Å²) in [4.78, 5) is 13.6. The Morgan fingerprint density at radius 3 is 2.80 bits per heavy atom. The van der Waals surface area contributed by atoms with Crippen LogP contribution in [0.15, 0.2) is 16.6 Å². The molecule has 1 amide bonds. The molecule has 1 aliphatic heterocycles. The summed E-state index contributed by atoms with van der Waals surface area (Å²) in [5, 5.41) is 0. The second-order valence-corrected chi connectivity index (χ2v) is 6.48. The van der Waals surface area contributed by atoms with Gasteiger partial charge in [0.1, 0.15) is 23.8 Å². The summed E-state index contributed by atoms with van der Waals surface area (Å²) in [6.45, 7) is 6.51. The van der Waals surface area contributed by atoms with Crippen molar-refractivity contribution in [2.45, 2.75) is 32.9 Å². The maximum Gasteiger partial charge on any atom is 0.410 e. The van der Waals surface area contributed by atoms with E-state index in [1.54, 1.807) is 11.0 Å². The Balaban J connectivity index is 2.19. The highest BCUT2D eigenvalue weighted by Crippen LogP contribution is 2.29. The van der Waals surface area contributed by atoms with Crippen molar-refractivity contribution in [2.24, 2.45) is 0 Å². The molecule has 0 aliphatic carbocycles. The van der Waals surface area contributed by atoms with Crippen LogP contribution in [-0.2, 0) is 11.3 Å². The van der Waals surface area contributed by atoms with Crippen LogP contribution in [0.1, 0.15) is 26.3 Å². The number of ether oxygens (including phenoxy) is 2. The zero-order valence-corrected chi connectivity index (χ0v) is 13.3. The van der Waals surface area contributed by atoms with Gasteiger partial charge in [0, 0.05) is 11.6 Å². The van der Waals surface area contributed by atoms with Crippen molar-refractivity contribution in [1.82, 2.24) is 4.90 Å². The lowest BCUT2D eigenvalue weighted by atomic mass is 10.2. The Morgan fingerprint density at radius 2 is 2.15 bits per heavy atom. The zero-order valence-electron chi connectivity index (χ0n) is 11.7. The Kier molecular flexibility index (Phi) is 4.22. The normalized spacial score (nSPS) is 15.2. The van der Waals surface area contributed by atoms with Crippen LogP contribution in [0.2, 0.25) is 0 Å². The lowest BCUT2D eigenvalue weighted by Gasteiger charge is -2.26. The van der Waals surface area contributed by atoms with Crippen LogP contribution in [0, 0.1) is 5.82 Å². The smallest absolute Gasteiger partial charge is 0.410 e. The maximum atomic E-state index is 13.5. The highest BCUT2D eigenvalue weighted by Gasteiger charge is 2.25. The fourth-order valence-electron chi connectivity index (χ4n) is 1.86. The highest BCUT2D eigenvalue weighted by molar-refractivity contribution is 9.10. The van der Waals surface area contributed by atoms with Gasteiger partial charge in [0.15, 0.2) is 0 Å². The molecule has 0 fully saturated rings. The van der Waals surface area contributed by atoms with E-state index in [4.69, 9.17) is 9.47 Å². The number of rotatable bonds is 0. The van der Waals surface area contributed by atoms with Crippen molar-refractivity contribution in [2.75, 3.05) is 13.2 Å². The first-order valence-electron chi connectivity index (χ1n) is 6.35. The number of fused-ring (bicyclic) bond motifs is 1. The van der Waals surface area contributed by atoms with Gasteiger partial charge in [-0.3, -0.25) is 0 Å². The summed E-state index contributed by atoms with van der Waals surface area (Å²) in [6, 6.07) is 2.96. The van der Waals surface area contributed by atoms with E-state index < -0.39 is 11.7 Å². The molecule has 1 aromatic carbocycles. The molecule has 1 aliphatic rings. The van der Waals surface area contributed by atoms with Crippen molar-refractivity contribution in [3.63, 3.8) is 0 Å². The Morgan fingerprint density at radius 1 is 1.45 bits per heavy atom. The fraction of sp³-hybridized carbons (Fsp3) is 0.500. The molecule has 0 radical (unpaired) electrons. The number of hydrogen-bond acceptors (Lipinski definition) is 3. The van der Waals surface area contributed by atoms with Gasteiger partial charge in [0.05, 0.1) is 17.6 Å². The lowest BCUT2D eigenvalue weighted by Crippen LogP contribution is -2.37. The third-order valence-corrected chi connectivity index (χ3v) is 3.34. The van der Waals surface area contributed by atoms with E-state index in [9.17, 15) is 9.18 Å². The number of carbonyl (C=O) groups is 1. The highest BCUT2D eigenvalue weighted by atomic mass is 79.9. The van der Waals surface area contributed by atoms with E-state index in [0.29, 0.717) is 29.9 Å². The number of amides is 1. The standard InChI is InChI=1S/C14H17BrFNO3/c1-14(2,3)20-13(18)17-4-5-19-12-7-11(16)10(15)6-9(12)8-17/h6-7H,4-5,8H2,1-3H3. The third-order valence-electron chi connectivity index (χ3n) is 2.74. The van der Waals surface area contributed by atoms with Gasteiger partial charge in [-0.1, -0.05) is 0 Å². The SMILES string of the molecule is CC(C)(C)OC(=O)N1CCOc2cc(F)c(Br)cc2C1. The molecule has 1 aromatic rings. The van der Waals surface area contributed by atoms with Crippen LogP contribution in [0.3, 0.4) is 0 Å². The van der Waals surface area contributed by atoms with E-state index >= 15 is 0 Å². The van der Waals surface area contributed by atoms with E-state index in [1.165, 1.54) is 6.07 Å². The average Bonchev–Trinajstić information content (AvgIpc) is 2.50. The average molecular weight is 346 g/mol. The van der Waals surface area contributed by atoms with Gasteiger partial charge in [-0.2, -0.15) is 0 Å². The molecule has 20 heavy (non-hydrogen) atoms. The monoisotopic (exact) mass is 345 g/mol. The Hall–Kier alpha value is -1.30. The van der Waals surface area contributed by atoms with Crippen LogP contribution in [-0.4, -0.2) is 29.7 Å². The number of nitrogens with zero attached hydrogens (tertiary/aromatic N) is 1. The fourth-order valence-corrected chi connectivity index (χ4v) is 2.25. The van der Waals surface area contributed by atoms with Gasteiger partial charge in [-0.05, 0) is 42.8 Å². The first-order valence-corrected chi connectivity index (χ1v) is 7.14. The molecule has 1 heterocycles. The molecular weight excluding hydrogens is 329 g/mol. The van der Waals surface area contributed by atoms with E-state index in [1.807, 2.05) is 20.8 Å². The minimum absolute atomic E-state index is 0.313. The van der Waals surface area contributed by atoms with Crippen molar-refractivity contribution >= 4 is 22.0 Å². The van der Waals surface area contributed by atoms with E-state index in [-0.39, 0.29) is 5.82 Å². The molecular formula is C14H17BrFNO3. The van der Waals surface area contributed by atoms with Crippen molar-refractivity contribution in [1.29, 1.82) is 0 Å². The summed E-state index contributed by atoms with van der Waals surface area (Å²) < 4.78 is 24.7. The molecule has 0 unspecified atom stereocenters. The summed E-state index contributed by atoms with van der Waals surface area (Å²) in [5.41, 5.74) is 0.206. The second-order valence-electron chi connectivity index (χ2n) is 5.62. The molecule has 0 atom stereocenters. The molecule has 110 valence electrons. The van der Waals surface area contributed by atoms with Crippen LogP contribution in [0.4, 0.5) is 9.18 Å². The first kappa shape index (κ1) is 15.1. The number of halogens is 2. The minimum atomic E-state index is -0.545. The van der Waals surface area contributed by atoms with Crippen molar-refractivity contribution in [3.8, 4) is 5.75 Å². The Labute approximate surface area is 126 Å². The van der Waals surface area contributed by atoms with Crippen molar-refractivity contribution in [3.05, 3.63) is 28.0 Å². The Bertz CT molecular complexity index is 528. The van der Waals surface area contributed by atoms with Gasteiger partial charge >= 0.3 is 6.09 Å². The molecule has 0 saturated heterocycles. The summed E-state index contributed by atoms with van der Waals surface area (Å²) in [5.74, 6) is 0.0891. The molecule has 0 N–H and O–H groups in total. The minimum Gasteiger partial charge on any atom is -0.491 e. The topological polar surface area (TPSA) is 38.8 Å². The molecule has 2 rings (SSSR count). The van der Waals surface area contributed by atoms with E-state index in [0.717, 1.165) is 5.56 Å². The van der Waals surface area contributed by atoms with Gasteiger partial charge in [-0.25, -0.2) is 9.18 Å². The first-order chi connectivity index (χ1) is 9.26. The summed E-state index contributed by atoms with van der Waals surface area (Å²) >= 11 is 3.14. The molecule has 0 spiro atoms. The zero-order chi connectivity index (χ0) is 14.9. The molecule has 0 bridgehead atoms. The van der Waals surface area contributed by atoms with Crippen LogP contribution in [0.5, 0.6) is 5.75 Å². The number of carbonyl (C=O) groups excluding carboxylic acids is 1. The van der Waals surface area contributed by atoms with E-state index in [2.05, 4.69) is 15.9 Å². The van der Waals surface area contributed by atoms with Crippen molar-refractivity contribution < 1.29 is 18.7 Å². The van der Waals surface area contributed by atoms with Crippen LogP contribution in [0.25, 0.3) is 0 Å². The van der Waals surface area contributed by atoms with Gasteiger partial charge < -0.3 is 14.4 Å². The quantitative estimate of drug-likeness (QED) is 0.719.